The van der Waals surface area contributed by atoms with E-state index in [4.69, 9.17) is 14.3 Å². The first-order valence-electron chi connectivity index (χ1n) is 7.31. The second-order valence-corrected chi connectivity index (χ2v) is 5.28. The molecule has 0 aliphatic rings. The van der Waals surface area contributed by atoms with E-state index in [-0.39, 0.29) is 45.5 Å². The summed E-state index contributed by atoms with van der Waals surface area (Å²) in [5.41, 5.74) is 0.416. The number of ketones is 1. The zero-order chi connectivity index (χ0) is 17.4. The number of hydrogen-bond donors (Lipinski definition) is 1. The van der Waals surface area contributed by atoms with Crippen molar-refractivity contribution < 1.29 is 23.8 Å². The van der Waals surface area contributed by atoms with Gasteiger partial charge < -0.3 is 14.3 Å². The van der Waals surface area contributed by atoms with E-state index in [2.05, 4.69) is 0 Å². The molecule has 1 N–H and O–H groups in total. The quantitative estimate of drug-likeness (QED) is 0.584. The summed E-state index contributed by atoms with van der Waals surface area (Å²) in [6.45, 7) is 1.72. The summed E-state index contributed by atoms with van der Waals surface area (Å²) < 4.78 is 11.0. The molecule has 0 fully saturated rings. The van der Waals surface area contributed by atoms with Gasteiger partial charge in [-0.3, -0.25) is 9.59 Å². The van der Waals surface area contributed by atoms with Crippen LogP contribution in [0.3, 0.4) is 0 Å². The minimum absolute atomic E-state index is 0.0121. The highest BCUT2D eigenvalue weighted by atomic mass is 16.5. The lowest BCUT2D eigenvalue weighted by molar-refractivity contribution is 0.0697. The minimum Gasteiger partial charge on any atom is -0.493 e. The molecule has 1 heterocycles. The van der Waals surface area contributed by atoms with Crippen molar-refractivity contribution in [3.63, 3.8) is 0 Å². The predicted octanol–water partition coefficient (Wildman–Crippen LogP) is 3.25. The highest BCUT2D eigenvalue weighted by molar-refractivity contribution is 6.03. The molecule has 0 saturated heterocycles. The van der Waals surface area contributed by atoms with Gasteiger partial charge in [0.1, 0.15) is 5.58 Å². The smallest absolute Gasteiger partial charge is 0.335 e. The fourth-order valence-electron chi connectivity index (χ4n) is 2.58. The van der Waals surface area contributed by atoms with Crippen LogP contribution in [0.15, 0.2) is 39.5 Å². The van der Waals surface area contributed by atoms with E-state index in [1.54, 1.807) is 6.92 Å². The van der Waals surface area contributed by atoms with Crippen LogP contribution in [0.25, 0.3) is 21.9 Å². The Hall–Kier alpha value is -3.15. The molecule has 0 saturated carbocycles. The highest BCUT2D eigenvalue weighted by Crippen LogP contribution is 2.29. The van der Waals surface area contributed by atoms with Gasteiger partial charge in [-0.25, -0.2) is 4.79 Å². The molecule has 1 aromatic heterocycles. The standard InChI is InChI=1S/C18H14O6/c1-3-13(19)10-7-12-16(20)11-6-9(18(21)22)4-5-14(11)24-17(12)15(8-10)23-2/h4-8H,3H2,1-2H3,(H,21,22). The van der Waals surface area contributed by atoms with Gasteiger partial charge in [0.25, 0.3) is 0 Å². The van der Waals surface area contributed by atoms with Crippen LogP contribution in [0.4, 0.5) is 0 Å². The van der Waals surface area contributed by atoms with Gasteiger partial charge in [0.05, 0.1) is 23.4 Å². The summed E-state index contributed by atoms with van der Waals surface area (Å²) in [7, 11) is 1.42. The second kappa shape index (κ2) is 5.81. The Balaban J connectivity index is 2.43. The summed E-state index contributed by atoms with van der Waals surface area (Å²) in [6, 6.07) is 7.06. The zero-order valence-electron chi connectivity index (χ0n) is 13.1. The van der Waals surface area contributed by atoms with E-state index in [1.807, 2.05) is 0 Å². The van der Waals surface area contributed by atoms with Gasteiger partial charge in [0.15, 0.2) is 17.1 Å². The van der Waals surface area contributed by atoms with Crippen LogP contribution in [0.2, 0.25) is 0 Å². The van der Waals surface area contributed by atoms with Crippen LogP contribution in [0, 0.1) is 0 Å². The number of fused-ring (bicyclic) bond motifs is 2. The number of carboxylic acid groups (broad SMARTS) is 1. The fraction of sp³-hybridized carbons (Fsp3) is 0.167. The molecule has 0 aliphatic carbocycles. The summed E-state index contributed by atoms with van der Waals surface area (Å²) in [6.07, 6.45) is 0.288. The summed E-state index contributed by atoms with van der Waals surface area (Å²) in [4.78, 5) is 35.9. The molecule has 3 rings (SSSR count). The molecule has 0 amide bonds. The largest absolute Gasteiger partial charge is 0.493 e. The van der Waals surface area contributed by atoms with Crippen molar-refractivity contribution in [1.82, 2.24) is 0 Å². The van der Waals surface area contributed by atoms with Crippen LogP contribution in [-0.4, -0.2) is 24.0 Å². The number of carboxylic acids is 1. The van der Waals surface area contributed by atoms with E-state index in [9.17, 15) is 14.4 Å². The Morgan fingerprint density at radius 3 is 2.46 bits per heavy atom. The third-order valence-electron chi connectivity index (χ3n) is 3.85. The van der Waals surface area contributed by atoms with E-state index in [0.29, 0.717) is 5.56 Å². The number of aromatic carboxylic acids is 1. The van der Waals surface area contributed by atoms with E-state index in [1.165, 1.54) is 37.4 Å². The van der Waals surface area contributed by atoms with Gasteiger partial charge in [-0.1, -0.05) is 6.92 Å². The monoisotopic (exact) mass is 326 g/mol. The number of benzene rings is 2. The molecule has 2 aromatic carbocycles. The van der Waals surface area contributed by atoms with Crippen LogP contribution in [-0.2, 0) is 0 Å². The summed E-state index contributed by atoms with van der Waals surface area (Å²) in [5, 5.41) is 9.41. The maximum absolute atomic E-state index is 12.8. The molecule has 24 heavy (non-hydrogen) atoms. The SMILES string of the molecule is CCC(=O)c1cc(OC)c2oc3ccc(C(=O)O)cc3c(=O)c2c1. The van der Waals surface area contributed by atoms with E-state index in [0.717, 1.165) is 0 Å². The van der Waals surface area contributed by atoms with Crippen LogP contribution in [0.1, 0.15) is 34.1 Å². The fourth-order valence-corrected chi connectivity index (χ4v) is 2.58. The molecule has 0 atom stereocenters. The number of rotatable bonds is 4. The number of carbonyl (C=O) groups excluding carboxylic acids is 1. The molecule has 122 valence electrons. The van der Waals surface area contributed by atoms with Crippen molar-refractivity contribution in [3.05, 3.63) is 51.7 Å². The van der Waals surface area contributed by atoms with Crippen molar-refractivity contribution in [1.29, 1.82) is 0 Å². The van der Waals surface area contributed by atoms with Gasteiger partial charge in [-0.2, -0.15) is 0 Å². The van der Waals surface area contributed by atoms with Crippen molar-refractivity contribution in [2.45, 2.75) is 13.3 Å². The summed E-state index contributed by atoms with van der Waals surface area (Å²) >= 11 is 0. The Kier molecular flexibility index (Phi) is 3.81. The lowest BCUT2D eigenvalue weighted by Gasteiger charge is -2.09. The molecule has 0 unspecified atom stereocenters. The molecular weight excluding hydrogens is 312 g/mol. The molecule has 0 bridgehead atoms. The van der Waals surface area contributed by atoms with Crippen molar-refractivity contribution >= 4 is 33.7 Å². The zero-order valence-corrected chi connectivity index (χ0v) is 13.1. The lowest BCUT2D eigenvalue weighted by Crippen LogP contribution is -2.07. The Morgan fingerprint density at radius 2 is 1.83 bits per heavy atom. The lowest BCUT2D eigenvalue weighted by atomic mass is 10.0. The van der Waals surface area contributed by atoms with Crippen LogP contribution >= 0.6 is 0 Å². The van der Waals surface area contributed by atoms with Gasteiger partial charge in [-0.05, 0) is 30.3 Å². The van der Waals surface area contributed by atoms with Gasteiger partial charge in [0, 0.05) is 12.0 Å². The molecule has 0 radical (unpaired) electrons. The van der Waals surface area contributed by atoms with Gasteiger partial charge in [0.2, 0.25) is 5.43 Å². The average molecular weight is 326 g/mol. The van der Waals surface area contributed by atoms with Crippen LogP contribution < -0.4 is 10.2 Å². The Bertz CT molecular complexity index is 1040. The van der Waals surface area contributed by atoms with Crippen LogP contribution in [0.5, 0.6) is 5.75 Å². The third-order valence-corrected chi connectivity index (χ3v) is 3.85. The maximum atomic E-state index is 12.8. The van der Waals surface area contributed by atoms with Gasteiger partial charge in [-0.15, -0.1) is 0 Å². The predicted molar refractivity (Wildman–Crippen MR) is 88.1 cm³/mol. The number of carbonyl (C=O) groups is 2. The molecular formula is C18H14O6. The molecule has 3 aromatic rings. The topological polar surface area (TPSA) is 93.8 Å². The molecule has 6 heteroatoms. The minimum atomic E-state index is -1.14. The second-order valence-electron chi connectivity index (χ2n) is 5.28. The molecule has 0 spiro atoms. The Labute approximate surface area is 136 Å². The number of methoxy groups -OCH3 is 1. The highest BCUT2D eigenvalue weighted by Gasteiger charge is 2.17. The van der Waals surface area contributed by atoms with Gasteiger partial charge >= 0.3 is 5.97 Å². The maximum Gasteiger partial charge on any atom is 0.335 e. The van der Waals surface area contributed by atoms with E-state index < -0.39 is 11.4 Å². The number of hydrogen-bond acceptors (Lipinski definition) is 5. The first-order chi connectivity index (χ1) is 11.5. The number of ether oxygens (including phenoxy) is 1. The normalized spacial score (nSPS) is 10.9. The van der Waals surface area contributed by atoms with Crippen molar-refractivity contribution in [2.75, 3.05) is 7.11 Å². The molecule has 0 aliphatic heterocycles. The first kappa shape index (κ1) is 15.7. The third kappa shape index (κ3) is 2.42. The first-order valence-corrected chi connectivity index (χ1v) is 7.31. The Morgan fingerprint density at radius 1 is 1.12 bits per heavy atom. The summed E-state index contributed by atoms with van der Waals surface area (Å²) in [5.74, 6) is -0.983. The van der Waals surface area contributed by atoms with Crippen molar-refractivity contribution in [3.8, 4) is 5.75 Å². The molecule has 6 nitrogen and oxygen atoms in total. The average Bonchev–Trinajstić information content (AvgIpc) is 2.60. The van der Waals surface area contributed by atoms with E-state index >= 15 is 0 Å². The number of Topliss-reactive ketones (excluding diaryl/α,β-unsaturated/α-hetero) is 1. The van der Waals surface area contributed by atoms with Crippen molar-refractivity contribution in [2.24, 2.45) is 0 Å².